The summed E-state index contributed by atoms with van der Waals surface area (Å²) >= 11 is 5.84. The summed E-state index contributed by atoms with van der Waals surface area (Å²) in [5.74, 6) is 0.922. The molecule has 0 aliphatic rings. The number of hydrogen-bond acceptors (Lipinski definition) is 2. The molecule has 0 fully saturated rings. The first-order valence-electron chi connectivity index (χ1n) is 6.60. The number of halogens is 1. The van der Waals surface area contributed by atoms with Crippen molar-refractivity contribution in [2.45, 2.75) is 6.42 Å². The van der Waals surface area contributed by atoms with E-state index in [1.165, 1.54) is 0 Å². The maximum atomic E-state index is 5.84. The fourth-order valence-electron chi connectivity index (χ4n) is 1.89. The molecule has 2 aromatic carbocycles. The maximum Gasteiger partial charge on any atom is 0.122 e. The first kappa shape index (κ1) is 14.5. The van der Waals surface area contributed by atoms with E-state index < -0.39 is 0 Å². The molecule has 0 heterocycles. The molecule has 0 unspecified atom stereocenters. The molecule has 1 N–H and O–H groups in total. The molecule has 0 bridgehead atoms. The third-order valence-corrected chi connectivity index (χ3v) is 3.12. The lowest BCUT2D eigenvalue weighted by molar-refractivity contribution is 0.330. The zero-order valence-corrected chi connectivity index (χ0v) is 12.1. The van der Waals surface area contributed by atoms with Crippen LogP contribution in [0.15, 0.2) is 61.2 Å². The van der Waals surface area contributed by atoms with Crippen LogP contribution >= 0.6 is 11.6 Å². The van der Waals surface area contributed by atoms with E-state index in [0.717, 1.165) is 35.0 Å². The summed E-state index contributed by atoms with van der Waals surface area (Å²) in [6, 6.07) is 15.7. The topological polar surface area (TPSA) is 21.3 Å². The number of benzene rings is 2. The van der Waals surface area contributed by atoms with Gasteiger partial charge >= 0.3 is 0 Å². The molecule has 104 valence electrons. The van der Waals surface area contributed by atoms with Crippen LogP contribution in [0.2, 0.25) is 5.02 Å². The van der Waals surface area contributed by atoms with Gasteiger partial charge in [0.25, 0.3) is 0 Å². The van der Waals surface area contributed by atoms with Gasteiger partial charge in [0.15, 0.2) is 0 Å². The number of anilines is 1. The van der Waals surface area contributed by atoms with Gasteiger partial charge in [-0.1, -0.05) is 35.9 Å². The average molecular weight is 288 g/mol. The van der Waals surface area contributed by atoms with Crippen molar-refractivity contribution in [2.24, 2.45) is 0 Å². The lowest BCUT2D eigenvalue weighted by Crippen LogP contribution is -2.12. The van der Waals surface area contributed by atoms with Crippen LogP contribution in [0, 0.1) is 0 Å². The Labute approximate surface area is 125 Å². The molecule has 0 spiro atoms. The van der Waals surface area contributed by atoms with E-state index in [4.69, 9.17) is 16.3 Å². The number of hydrogen-bond donors (Lipinski definition) is 1. The largest absolute Gasteiger partial charge is 0.491 e. The number of rotatable bonds is 7. The fraction of sp³-hybridized carbons (Fsp3) is 0.176. The minimum atomic E-state index is 0.608. The molecule has 3 heteroatoms. The SMILES string of the molecule is C=CCc1ccccc1OCCNc1ccc(Cl)cc1. The molecule has 2 aromatic rings. The molecule has 0 amide bonds. The molecule has 20 heavy (non-hydrogen) atoms. The van der Waals surface area contributed by atoms with Gasteiger partial charge in [-0.25, -0.2) is 0 Å². The average Bonchev–Trinajstić information content (AvgIpc) is 2.47. The van der Waals surface area contributed by atoms with Gasteiger partial charge in [0, 0.05) is 17.3 Å². The Morgan fingerprint density at radius 1 is 1.10 bits per heavy atom. The Bertz CT molecular complexity index is 551. The lowest BCUT2D eigenvalue weighted by Gasteiger charge is -2.11. The van der Waals surface area contributed by atoms with E-state index in [9.17, 15) is 0 Å². The highest BCUT2D eigenvalue weighted by Crippen LogP contribution is 2.18. The summed E-state index contributed by atoms with van der Waals surface area (Å²) in [5, 5.41) is 4.03. The summed E-state index contributed by atoms with van der Waals surface area (Å²) in [7, 11) is 0. The minimum Gasteiger partial charge on any atom is -0.491 e. The molecule has 0 atom stereocenters. The monoisotopic (exact) mass is 287 g/mol. The smallest absolute Gasteiger partial charge is 0.122 e. The highest BCUT2D eigenvalue weighted by molar-refractivity contribution is 6.30. The predicted molar refractivity (Wildman–Crippen MR) is 85.8 cm³/mol. The van der Waals surface area contributed by atoms with E-state index in [0.29, 0.717) is 6.61 Å². The van der Waals surface area contributed by atoms with E-state index in [2.05, 4.69) is 18.0 Å². The molecule has 0 aromatic heterocycles. The second-order valence-electron chi connectivity index (χ2n) is 4.38. The van der Waals surface area contributed by atoms with E-state index >= 15 is 0 Å². The van der Waals surface area contributed by atoms with Gasteiger partial charge in [-0.05, 0) is 42.3 Å². The zero-order chi connectivity index (χ0) is 14.2. The van der Waals surface area contributed by atoms with Crippen LogP contribution in [-0.4, -0.2) is 13.2 Å². The van der Waals surface area contributed by atoms with Crippen molar-refractivity contribution in [1.82, 2.24) is 0 Å². The van der Waals surface area contributed by atoms with Crippen molar-refractivity contribution in [3.63, 3.8) is 0 Å². The lowest BCUT2D eigenvalue weighted by atomic mass is 10.1. The normalized spacial score (nSPS) is 10.1. The summed E-state index contributed by atoms with van der Waals surface area (Å²) < 4.78 is 5.80. The van der Waals surface area contributed by atoms with E-state index in [1.807, 2.05) is 48.5 Å². The minimum absolute atomic E-state index is 0.608. The fourth-order valence-corrected chi connectivity index (χ4v) is 2.02. The van der Waals surface area contributed by atoms with Gasteiger partial charge in [-0.15, -0.1) is 6.58 Å². The zero-order valence-electron chi connectivity index (χ0n) is 11.3. The van der Waals surface area contributed by atoms with Crippen LogP contribution in [0.3, 0.4) is 0 Å². The van der Waals surface area contributed by atoms with Crippen LogP contribution in [-0.2, 0) is 6.42 Å². The van der Waals surface area contributed by atoms with Gasteiger partial charge in [-0.3, -0.25) is 0 Å². The van der Waals surface area contributed by atoms with E-state index in [1.54, 1.807) is 0 Å². The molecular weight excluding hydrogens is 270 g/mol. The second-order valence-corrected chi connectivity index (χ2v) is 4.82. The second kappa shape index (κ2) is 7.61. The summed E-state index contributed by atoms with van der Waals surface area (Å²) in [6.45, 7) is 5.11. The van der Waals surface area contributed by atoms with Crippen molar-refractivity contribution in [3.8, 4) is 5.75 Å². The van der Waals surface area contributed by atoms with Gasteiger partial charge in [0.05, 0.1) is 0 Å². The third kappa shape index (κ3) is 4.32. The molecule has 0 radical (unpaired) electrons. The van der Waals surface area contributed by atoms with E-state index in [-0.39, 0.29) is 0 Å². The van der Waals surface area contributed by atoms with Gasteiger partial charge < -0.3 is 10.1 Å². The predicted octanol–water partition coefficient (Wildman–Crippen LogP) is 4.56. The Kier molecular flexibility index (Phi) is 5.51. The summed E-state index contributed by atoms with van der Waals surface area (Å²) in [4.78, 5) is 0. The van der Waals surface area contributed by atoms with Gasteiger partial charge in [-0.2, -0.15) is 0 Å². The van der Waals surface area contributed by atoms with Crippen molar-refractivity contribution < 1.29 is 4.74 Å². The van der Waals surface area contributed by atoms with Crippen LogP contribution in [0.1, 0.15) is 5.56 Å². The van der Waals surface area contributed by atoms with Crippen LogP contribution in [0.25, 0.3) is 0 Å². The highest BCUT2D eigenvalue weighted by atomic mass is 35.5. The molecular formula is C17H18ClNO. The standard InChI is InChI=1S/C17H18ClNO/c1-2-5-14-6-3-4-7-17(14)20-13-12-19-16-10-8-15(18)9-11-16/h2-4,6-11,19H,1,5,12-13H2. The van der Waals surface area contributed by atoms with Crippen molar-refractivity contribution >= 4 is 17.3 Å². The summed E-state index contributed by atoms with van der Waals surface area (Å²) in [6.07, 6.45) is 2.70. The summed E-state index contributed by atoms with van der Waals surface area (Å²) in [5.41, 5.74) is 2.20. The van der Waals surface area contributed by atoms with Crippen LogP contribution in [0.5, 0.6) is 5.75 Å². The number of para-hydroxylation sites is 1. The van der Waals surface area contributed by atoms with Crippen molar-refractivity contribution in [1.29, 1.82) is 0 Å². The molecule has 0 saturated heterocycles. The van der Waals surface area contributed by atoms with Crippen molar-refractivity contribution in [2.75, 3.05) is 18.5 Å². The maximum absolute atomic E-state index is 5.84. The Morgan fingerprint density at radius 2 is 1.85 bits per heavy atom. The number of allylic oxidation sites excluding steroid dienone is 1. The van der Waals surface area contributed by atoms with Gasteiger partial charge in [0.1, 0.15) is 12.4 Å². The third-order valence-electron chi connectivity index (χ3n) is 2.87. The first-order chi connectivity index (χ1) is 9.79. The highest BCUT2D eigenvalue weighted by Gasteiger charge is 2.00. The quantitative estimate of drug-likeness (QED) is 0.595. The van der Waals surface area contributed by atoms with Crippen LogP contribution < -0.4 is 10.1 Å². The Hall–Kier alpha value is -1.93. The number of ether oxygens (including phenoxy) is 1. The van der Waals surface area contributed by atoms with Crippen molar-refractivity contribution in [3.05, 3.63) is 71.8 Å². The molecule has 2 rings (SSSR count). The van der Waals surface area contributed by atoms with Gasteiger partial charge in [0.2, 0.25) is 0 Å². The molecule has 0 aliphatic carbocycles. The van der Waals surface area contributed by atoms with Crippen LogP contribution in [0.4, 0.5) is 5.69 Å². The Morgan fingerprint density at radius 3 is 2.60 bits per heavy atom. The number of nitrogens with one attached hydrogen (secondary N) is 1. The molecule has 0 aliphatic heterocycles. The molecule has 0 saturated carbocycles. The Balaban J connectivity index is 1.81. The molecule has 2 nitrogen and oxygen atoms in total. The first-order valence-corrected chi connectivity index (χ1v) is 6.98.